The van der Waals surface area contributed by atoms with Crippen molar-refractivity contribution in [1.29, 1.82) is 0 Å². The van der Waals surface area contributed by atoms with Gasteiger partial charge < -0.3 is 10.1 Å². The van der Waals surface area contributed by atoms with Crippen molar-refractivity contribution in [3.63, 3.8) is 0 Å². The van der Waals surface area contributed by atoms with Crippen LogP contribution in [0.1, 0.15) is 59.8 Å². The molecule has 0 saturated heterocycles. The second-order valence-electron chi connectivity index (χ2n) is 5.62. The van der Waals surface area contributed by atoms with Crippen LogP contribution in [0.15, 0.2) is 0 Å². The molecule has 0 bridgehead atoms. The molecule has 0 radical (unpaired) electrons. The van der Waals surface area contributed by atoms with Gasteiger partial charge in [-0.1, -0.05) is 26.7 Å². The molecule has 0 aromatic rings. The zero-order valence-corrected chi connectivity index (χ0v) is 11.7. The molecule has 2 atom stereocenters. The van der Waals surface area contributed by atoms with Crippen molar-refractivity contribution in [1.82, 2.24) is 5.32 Å². The third-order valence-electron chi connectivity index (χ3n) is 3.71. The normalized spacial score (nSPS) is 25.6. The van der Waals surface area contributed by atoms with Crippen molar-refractivity contribution in [2.45, 2.75) is 71.4 Å². The van der Waals surface area contributed by atoms with E-state index in [-0.39, 0.29) is 12.1 Å². The van der Waals surface area contributed by atoms with E-state index in [1.165, 1.54) is 19.3 Å². The van der Waals surface area contributed by atoms with Crippen molar-refractivity contribution < 1.29 is 9.53 Å². The summed E-state index contributed by atoms with van der Waals surface area (Å²) in [6, 6.07) is 0. The number of hydrogen-bond acceptors (Lipinski definition) is 3. The molecule has 17 heavy (non-hydrogen) atoms. The van der Waals surface area contributed by atoms with Gasteiger partial charge in [-0.25, -0.2) is 0 Å². The molecule has 0 amide bonds. The summed E-state index contributed by atoms with van der Waals surface area (Å²) in [5, 5.41) is 3.16. The first kappa shape index (κ1) is 14.5. The van der Waals surface area contributed by atoms with Crippen LogP contribution in [0.2, 0.25) is 0 Å². The Morgan fingerprint density at radius 2 is 2.06 bits per heavy atom. The third-order valence-corrected chi connectivity index (χ3v) is 3.71. The largest absolute Gasteiger partial charge is 0.461 e. The minimum absolute atomic E-state index is 0.110. The molecule has 1 aliphatic rings. The summed E-state index contributed by atoms with van der Waals surface area (Å²) >= 11 is 0. The average Bonchev–Trinajstić information content (AvgIpc) is 2.29. The van der Waals surface area contributed by atoms with E-state index < -0.39 is 5.54 Å². The fraction of sp³-hybridized carbons (Fsp3) is 0.929. The van der Waals surface area contributed by atoms with Gasteiger partial charge in [0.1, 0.15) is 11.6 Å². The standard InChI is InChI=1S/C14H27NO2/c1-5-11-8-7-9-12(10-11)17-13(16)14(3,4)15-6-2/h11-12,15H,5-10H2,1-4H3. The van der Waals surface area contributed by atoms with Crippen LogP contribution in [0.25, 0.3) is 0 Å². The van der Waals surface area contributed by atoms with E-state index in [0.29, 0.717) is 0 Å². The second-order valence-corrected chi connectivity index (χ2v) is 5.62. The zero-order chi connectivity index (χ0) is 12.9. The maximum absolute atomic E-state index is 12.0. The first-order valence-electron chi connectivity index (χ1n) is 6.95. The molecule has 0 aromatic heterocycles. The molecule has 100 valence electrons. The van der Waals surface area contributed by atoms with Crippen LogP contribution in [0.4, 0.5) is 0 Å². The van der Waals surface area contributed by atoms with Crippen molar-refractivity contribution in [3.8, 4) is 0 Å². The van der Waals surface area contributed by atoms with Crippen LogP contribution in [0.3, 0.4) is 0 Å². The van der Waals surface area contributed by atoms with Crippen LogP contribution in [0, 0.1) is 5.92 Å². The Balaban J connectivity index is 2.45. The SMILES string of the molecule is CCNC(C)(C)C(=O)OC1CCCC(CC)C1. The second kappa shape index (κ2) is 6.39. The van der Waals surface area contributed by atoms with Gasteiger partial charge in [-0.15, -0.1) is 0 Å². The van der Waals surface area contributed by atoms with Crippen LogP contribution in [-0.4, -0.2) is 24.2 Å². The Morgan fingerprint density at radius 3 is 2.65 bits per heavy atom. The van der Waals surface area contributed by atoms with Gasteiger partial charge in [0.15, 0.2) is 0 Å². The van der Waals surface area contributed by atoms with E-state index in [1.54, 1.807) is 0 Å². The Hall–Kier alpha value is -0.570. The molecule has 2 unspecified atom stereocenters. The molecular weight excluding hydrogens is 214 g/mol. The molecule has 1 aliphatic carbocycles. The lowest BCUT2D eigenvalue weighted by Gasteiger charge is -2.31. The summed E-state index contributed by atoms with van der Waals surface area (Å²) in [4.78, 5) is 12.0. The smallest absolute Gasteiger partial charge is 0.326 e. The number of ether oxygens (including phenoxy) is 1. The number of likely N-dealkylation sites (N-methyl/N-ethyl adjacent to an activating group) is 1. The van der Waals surface area contributed by atoms with E-state index >= 15 is 0 Å². The van der Waals surface area contributed by atoms with Crippen molar-refractivity contribution in [3.05, 3.63) is 0 Å². The zero-order valence-electron chi connectivity index (χ0n) is 11.7. The van der Waals surface area contributed by atoms with Gasteiger partial charge in [0.2, 0.25) is 0 Å². The summed E-state index contributed by atoms with van der Waals surface area (Å²) in [6.45, 7) is 8.78. The molecule has 0 aliphatic heterocycles. The van der Waals surface area contributed by atoms with Gasteiger partial charge >= 0.3 is 5.97 Å². The molecule has 3 heteroatoms. The maximum Gasteiger partial charge on any atom is 0.326 e. The average molecular weight is 241 g/mol. The molecule has 1 saturated carbocycles. The highest BCUT2D eigenvalue weighted by molar-refractivity contribution is 5.79. The van der Waals surface area contributed by atoms with Crippen LogP contribution in [-0.2, 0) is 9.53 Å². The summed E-state index contributed by atoms with van der Waals surface area (Å²) in [5.74, 6) is 0.630. The maximum atomic E-state index is 12.0. The Labute approximate surface area is 105 Å². The van der Waals surface area contributed by atoms with Crippen LogP contribution < -0.4 is 5.32 Å². The Bertz CT molecular complexity index is 251. The summed E-state index contributed by atoms with van der Waals surface area (Å²) in [7, 11) is 0. The van der Waals surface area contributed by atoms with Crippen molar-refractivity contribution in [2.24, 2.45) is 5.92 Å². The van der Waals surface area contributed by atoms with Gasteiger partial charge in [-0.05, 0) is 45.6 Å². The fourth-order valence-electron chi connectivity index (χ4n) is 2.53. The number of carbonyl (C=O) groups excluding carboxylic acids is 1. The van der Waals surface area contributed by atoms with Gasteiger partial charge in [0, 0.05) is 0 Å². The topological polar surface area (TPSA) is 38.3 Å². The summed E-state index contributed by atoms with van der Waals surface area (Å²) in [5.41, 5.74) is -0.562. The molecule has 0 spiro atoms. The monoisotopic (exact) mass is 241 g/mol. The molecule has 1 rings (SSSR count). The third kappa shape index (κ3) is 4.30. The number of carbonyl (C=O) groups is 1. The molecule has 3 nitrogen and oxygen atoms in total. The molecule has 1 fully saturated rings. The summed E-state index contributed by atoms with van der Waals surface area (Å²) < 4.78 is 5.64. The van der Waals surface area contributed by atoms with Crippen molar-refractivity contribution in [2.75, 3.05) is 6.54 Å². The predicted octanol–water partition coefficient (Wildman–Crippen LogP) is 2.89. The van der Waals surface area contributed by atoms with Gasteiger partial charge in [-0.2, -0.15) is 0 Å². The highest BCUT2D eigenvalue weighted by atomic mass is 16.5. The van der Waals surface area contributed by atoms with Gasteiger partial charge in [-0.3, -0.25) is 4.79 Å². The first-order valence-corrected chi connectivity index (χ1v) is 6.95. The predicted molar refractivity (Wildman–Crippen MR) is 69.9 cm³/mol. The Morgan fingerprint density at radius 1 is 1.35 bits per heavy atom. The van der Waals surface area contributed by atoms with E-state index in [1.807, 2.05) is 20.8 Å². The van der Waals surface area contributed by atoms with Gasteiger partial charge in [0.25, 0.3) is 0 Å². The highest BCUT2D eigenvalue weighted by Crippen LogP contribution is 2.29. The summed E-state index contributed by atoms with van der Waals surface area (Å²) in [6.07, 6.45) is 5.90. The number of rotatable bonds is 5. The highest BCUT2D eigenvalue weighted by Gasteiger charge is 2.32. The first-order chi connectivity index (χ1) is 7.99. The minimum atomic E-state index is -0.562. The lowest BCUT2D eigenvalue weighted by atomic mass is 9.85. The number of esters is 1. The lowest BCUT2D eigenvalue weighted by Crippen LogP contribution is -2.49. The number of hydrogen-bond donors (Lipinski definition) is 1. The van der Waals surface area contributed by atoms with Gasteiger partial charge in [0.05, 0.1) is 0 Å². The van der Waals surface area contributed by atoms with E-state index in [0.717, 1.165) is 25.3 Å². The van der Waals surface area contributed by atoms with E-state index in [9.17, 15) is 4.79 Å². The molecular formula is C14H27NO2. The van der Waals surface area contributed by atoms with E-state index in [4.69, 9.17) is 4.74 Å². The fourth-order valence-corrected chi connectivity index (χ4v) is 2.53. The van der Waals surface area contributed by atoms with Crippen molar-refractivity contribution >= 4 is 5.97 Å². The van der Waals surface area contributed by atoms with Crippen LogP contribution >= 0.6 is 0 Å². The minimum Gasteiger partial charge on any atom is -0.461 e. The number of nitrogens with one attached hydrogen (secondary N) is 1. The van der Waals surface area contributed by atoms with E-state index in [2.05, 4.69) is 12.2 Å². The lowest BCUT2D eigenvalue weighted by molar-refractivity contribution is -0.158. The Kier molecular flexibility index (Phi) is 5.44. The molecule has 1 N–H and O–H groups in total. The molecule has 0 heterocycles. The van der Waals surface area contributed by atoms with Crippen LogP contribution in [0.5, 0.6) is 0 Å². The quantitative estimate of drug-likeness (QED) is 0.752. The molecule has 0 aromatic carbocycles.